The summed E-state index contributed by atoms with van der Waals surface area (Å²) >= 11 is 4.08. The standard InChI is InChI=1S/C5H10OS/c6-3-5(4-7)1-2-5/h6-7H,1-4H2. The Balaban J connectivity index is 2.28. The van der Waals surface area contributed by atoms with Crippen LogP contribution in [0.25, 0.3) is 0 Å². The van der Waals surface area contributed by atoms with Gasteiger partial charge in [0.1, 0.15) is 0 Å². The molecule has 1 aliphatic rings. The average Bonchev–Trinajstić information content (AvgIpc) is 2.46. The van der Waals surface area contributed by atoms with E-state index in [0.29, 0.717) is 6.61 Å². The van der Waals surface area contributed by atoms with Crippen LogP contribution in [0.2, 0.25) is 0 Å². The molecule has 0 spiro atoms. The normalized spacial score (nSPS) is 24.9. The van der Waals surface area contributed by atoms with Crippen LogP contribution in [0, 0.1) is 5.41 Å². The summed E-state index contributed by atoms with van der Waals surface area (Å²) in [5.74, 6) is 0.851. The van der Waals surface area contributed by atoms with Gasteiger partial charge in [0.15, 0.2) is 0 Å². The van der Waals surface area contributed by atoms with Gasteiger partial charge >= 0.3 is 0 Å². The quantitative estimate of drug-likeness (QED) is 0.511. The number of hydrogen-bond acceptors (Lipinski definition) is 2. The van der Waals surface area contributed by atoms with Crippen molar-refractivity contribution in [1.29, 1.82) is 0 Å². The maximum atomic E-state index is 8.61. The Bertz CT molecular complexity index is 62.5. The predicted octanol–water partition coefficient (Wildman–Crippen LogP) is 0.689. The lowest BCUT2D eigenvalue weighted by Gasteiger charge is -2.03. The van der Waals surface area contributed by atoms with Crippen molar-refractivity contribution in [2.45, 2.75) is 12.8 Å². The van der Waals surface area contributed by atoms with Gasteiger partial charge in [-0.15, -0.1) is 0 Å². The molecule has 0 aromatic rings. The molecule has 2 heteroatoms. The summed E-state index contributed by atoms with van der Waals surface area (Å²) in [6.45, 7) is 0.330. The molecule has 1 aliphatic carbocycles. The fourth-order valence-corrected chi connectivity index (χ4v) is 0.959. The largest absolute Gasteiger partial charge is 0.396 e. The highest BCUT2D eigenvalue weighted by Gasteiger charge is 2.40. The Morgan fingerprint density at radius 3 is 2.14 bits per heavy atom. The summed E-state index contributed by atoms with van der Waals surface area (Å²) < 4.78 is 0. The zero-order valence-electron chi connectivity index (χ0n) is 4.22. The molecule has 42 valence electrons. The first-order valence-corrected chi connectivity index (χ1v) is 3.18. The van der Waals surface area contributed by atoms with E-state index in [0.717, 1.165) is 5.75 Å². The highest BCUT2D eigenvalue weighted by Crippen LogP contribution is 2.45. The van der Waals surface area contributed by atoms with Crippen molar-refractivity contribution in [3.05, 3.63) is 0 Å². The first kappa shape index (κ1) is 5.45. The molecule has 1 N–H and O–H groups in total. The van der Waals surface area contributed by atoms with E-state index in [1.54, 1.807) is 0 Å². The molecule has 0 saturated heterocycles. The summed E-state index contributed by atoms with van der Waals surface area (Å²) in [6.07, 6.45) is 2.35. The second-order valence-electron chi connectivity index (χ2n) is 2.32. The van der Waals surface area contributed by atoms with E-state index >= 15 is 0 Å². The Morgan fingerprint density at radius 2 is 2.14 bits per heavy atom. The summed E-state index contributed by atoms with van der Waals surface area (Å²) in [4.78, 5) is 0. The third-order valence-corrected chi connectivity index (χ3v) is 2.30. The van der Waals surface area contributed by atoms with E-state index in [1.807, 2.05) is 0 Å². The number of aliphatic hydroxyl groups is 1. The molecule has 0 heterocycles. The number of aliphatic hydroxyl groups excluding tert-OH is 1. The van der Waals surface area contributed by atoms with Gasteiger partial charge < -0.3 is 5.11 Å². The van der Waals surface area contributed by atoms with Gasteiger partial charge in [0.2, 0.25) is 0 Å². The molecule has 0 aliphatic heterocycles. The third-order valence-electron chi connectivity index (χ3n) is 1.63. The zero-order valence-corrected chi connectivity index (χ0v) is 5.12. The van der Waals surface area contributed by atoms with Crippen LogP contribution in [-0.4, -0.2) is 17.5 Å². The highest BCUT2D eigenvalue weighted by molar-refractivity contribution is 7.80. The minimum Gasteiger partial charge on any atom is -0.396 e. The molecule has 1 rings (SSSR count). The van der Waals surface area contributed by atoms with Crippen molar-refractivity contribution in [1.82, 2.24) is 0 Å². The summed E-state index contributed by atoms with van der Waals surface area (Å²) in [5, 5.41) is 8.61. The van der Waals surface area contributed by atoms with Crippen LogP contribution in [-0.2, 0) is 0 Å². The molecule has 0 atom stereocenters. The molecule has 0 aromatic carbocycles. The van der Waals surface area contributed by atoms with Crippen LogP contribution in [0.3, 0.4) is 0 Å². The molecule has 0 radical (unpaired) electrons. The maximum absolute atomic E-state index is 8.61. The molecule has 0 bridgehead atoms. The zero-order chi connectivity index (χ0) is 5.33. The van der Waals surface area contributed by atoms with Gasteiger partial charge in [-0.05, 0) is 18.6 Å². The number of hydrogen-bond donors (Lipinski definition) is 2. The van der Waals surface area contributed by atoms with Gasteiger partial charge in [-0.25, -0.2) is 0 Å². The van der Waals surface area contributed by atoms with E-state index in [-0.39, 0.29) is 5.41 Å². The van der Waals surface area contributed by atoms with Crippen molar-refractivity contribution in [3.8, 4) is 0 Å². The highest BCUT2D eigenvalue weighted by atomic mass is 32.1. The van der Waals surface area contributed by atoms with E-state index < -0.39 is 0 Å². The molecule has 0 aromatic heterocycles. The Labute approximate surface area is 49.1 Å². The number of thiol groups is 1. The van der Waals surface area contributed by atoms with Crippen LogP contribution < -0.4 is 0 Å². The van der Waals surface area contributed by atoms with Crippen molar-refractivity contribution in [3.63, 3.8) is 0 Å². The van der Waals surface area contributed by atoms with Crippen LogP contribution in [0.1, 0.15) is 12.8 Å². The van der Waals surface area contributed by atoms with Crippen molar-refractivity contribution in [2.24, 2.45) is 5.41 Å². The molecule has 7 heavy (non-hydrogen) atoms. The molecule has 1 fully saturated rings. The lowest BCUT2D eigenvalue weighted by Crippen LogP contribution is -2.06. The maximum Gasteiger partial charge on any atom is 0.0495 e. The molecular weight excluding hydrogens is 108 g/mol. The minimum absolute atomic E-state index is 0.253. The summed E-state index contributed by atoms with van der Waals surface area (Å²) in [5.41, 5.74) is 0.253. The van der Waals surface area contributed by atoms with Crippen LogP contribution in [0.4, 0.5) is 0 Å². The fraction of sp³-hybridized carbons (Fsp3) is 1.00. The molecule has 1 nitrogen and oxygen atoms in total. The van der Waals surface area contributed by atoms with Gasteiger partial charge in [-0.3, -0.25) is 0 Å². The second kappa shape index (κ2) is 1.67. The number of rotatable bonds is 2. The van der Waals surface area contributed by atoms with E-state index in [9.17, 15) is 0 Å². The third kappa shape index (κ3) is 0.916. The minimum atomic E-state index is 0.253. The summed E-state index contributed by atoms with van der Waals surface area (Å²) in [7, 11) is 0. The monoisotopic (exact) mass is 118 g/mol. The van der Waals surface area contributed by atoms with Crippen molar-refractivity contribution in [2.75, 3.05) is 12.4 Å². The van der Waals surface area contributed by atoms with Crippen LogP contribution in [0.15, 0.2) is 0 Å². The van der Waals surface area contributed by atoms with Gasteiger partial charge in [-0.1, -0.05) is 0 Å². The van der Waals surface area contributed by atoms with Gasteiger partial charge in [-0.2, -0.15) is 12.6 Å². The Kier molecular flexibility index (Phi) is 1.30. The SMILES string of the molecule is OCC1(CS)CC1. The smallest absolute Gasteiger partial charge is 0.0495 e. The molecule has 0 unspecified atom stereocenters. The Morgan fingerprint density at radius 1 is 1.57 bits per heavy atom. The summed E-state index contributed by atoms with van der Waals surface area (Å²) in [6, 6.07) is 0. The van der Waals surface area contributed by atoms with Crippen molar-refractivity contribution >= 4 is 12.6 Å². The van der Waals surface area contributed by atoms with Gasteiger partial charge in [0, 0.05) is 12.0 Å². The molecular formula is C5H10OS. The van der Waals surface area contributed by atoms with Crippen LogP contribution in [0.5, 0.6) is 0 Å². The second-order valence-corrected chi connectivity index (χ2v) is 2.63. The first-order valence-electron chi connectivity index (χ1n) is 2.55. The van der Waals surface area contributed by atoms with E-state index in [1.165, 1.54) is 12.8 Å². The van der Waals surface area contributed by atoms with Gasteiger partial charge in [0.25, 0.3) is 0 Å². The van der Waals surface area contributed by atoms with E-state index in [2.05, 4.69) is 12.6 Å². The van der Waals surface area contributed by atoms with Gasteiger partial charge in [0.05, 0.1) is 0 Å². The van der Waals surface area contributed by atoms with Crippen LogP contribution >= 0.6 is 12.6 Å². The Hall–Kier alpha value is 0.310. The predicted molar refractivity (Wildman–Crippen MR) is 32.6 cm³/mol. The fourth-order valence-electron chi connectivity index (χ4n) is 0.543. The van der Waals surface area contributed by atoms with Crippen molar-refractivity contribution < 1.29 is 5.11 Å². The lowest BCUT2D eigenvalue weighted by molar-refractivity contribution is 0.228. The molecule has 0 amide bonds. The first-order chi connectivity index (χ1) is 3.33. The lowest BCUT2D eigenvalue weighted by atomic mass is 10.2. The van der Waals surface area contributed by atoms with E-state index in [4.69, 9.17) is 5.11 Å². The topological polar surface area (TPSA) is 20.2 Å². The average molecular weight is 118 g/mol. The molecule has 1 saturated carbocycles.